The molecule has 2 aromatic carbocycles. The Kier molecular flexibility index (Phi) is 4.17. The van der Waals surface area contributed by atoms with E-state index in [4.69, 9.17) is 15.2 Å². The van der Waals surface area contributed by atoms with Crippen LogP contribution in [0.15, 0.2) is 46.9 Å². The summed E-state index contributed by atoms with van der Waals surface area (Å²) in [6, 6.07) is 13.7. The van der Waals surface area contributed by atoms with Crippen LogP contribution in [0, 0.1) is 5.92 Å². The van der Waals surface area contributed by atoms with Crippen molar-refractivity contribution in [1.82, 2.24) is 0 Å². The summed E-state index contributed by atoms with van der Waals surface area (Å²) in [6.07, 6.45) is 0. The van der Waals surface area contributed by atoms with Gasteiger partial charge >= 0.3 is 0 Å². The number of hydrogen-bond donors (Lipinski definition) is 1. The lowest BCUT2D eigenvalue weighted by Gasteiger charge is -2.16. The zero-order valence-corrected chi connectivity index (χ0v) is 13.5. The van der Waals surface area contributed by atoms with Crippen molar-refractivity contribution < 1.29 is 9.47 Å². The van der Waals surface area contributed by atoms with Gasteiger partial charge in [-0.2, -0.15) is 0 Å². The quantitative estimate of drug-likeness (QED) is 0.895. The average Bonchev–Trinajstić information content (AvgIpc) is 2.69. The van der Waals surface area contributed by atoms with Crippen molar-refractivity contribution in [3.63, 3.8) is 0 Å². The third kappa shape index (κ3) is 3.06. The molecule has 0 bridgehead atoms. The van der Waals surface area contributed by atoms with Gasteiger partial charge in [0.1, 0.15) is 0 Å². The molecule has 0 radical (unpaired) electrons. The summed E-state index contributed by atoms with van der Waals surface area (Å²) in [7, 11) is 0. The van der Waals surface area contributed by atoms with Gasteiger partial charge in [0.25, 0.3) is 0 Å². The van der Waals surface area contributed by atoms with Crippen LogP contribution in [-0.4, -0.2) is 13.2 Å². The number of benzene rings is 2. The Morgan fingerprint density at radius 3 is 2.57 bits per heavy atom. The number of nitrogens with two attached hydrogens (primary N) is 1. The smallest absolute Gasteiger partial charge is 0.161 e. The summed E-state index contributed by atoms with van der Waals surface area (Å²) in [5.41, 5.74) is 8.46. The zero-order valence-electron chi connectivity index (χ0n) is 11.9. The van der Waals surface area contributed by atoms with E-state index < -0.39 is 0 Å². The summed E-state index contributed by atoms with van der Waals surface area (Å²) in [5, 5.41) is 0. The molecular weight excluding hydrogens is 330 g/mol. The molecule has 0 spiro atoms. The molecule has 2 aromatic rings. The minimum absolute atomic E-state index is 0.199. The standard InChI is InChI=1S/C17H18BrNO2/c1-11-9-20-15-7-6-12(8-16(15)21-10-11)17(19)13-4-2-3-5-14(13)18/h2-8,11,17H,9-10,19H2,1H3. The lowest BCUT2D eigenvalue weighted by atomic mass is 9.99. The summed E-state index contributed by atoms with van der Waals surface area (Å²) in [6.45, 7) is 3.46. The number of fused-ring (bicyclic) bond motifs is 1. The van der Waals surface area contributed by atoms with Crippen LogP contribution in [0.2, 0.25) is 0 Å². The molecule has 0 aromatic heterocycles. The van der Waals surface area contributed by atoms with Gasteiger partial charge in [-0.1, -0.05) is 47.1 Å². The Morgan fingerprint density at radius 1 is 1.10 bits per heavy atom. The van der Waals surface area contributed by atoms with Crippen LogP contribution in [0.3, 0.4) is 0 Å². The van der Waals surface area contributed by atoms with Crippen LogP contribution < -0.4 is 15.2 Å². The molecular formula is C17H18BrNO2. The Morgan fingerprint density at radius 2 is 1.81 bits per heavy atom. The first-order valence-corrected chi connectivity index (χ1v) is 7.84. The molecule has 3 rings (SSSR count). The second-order valence-electron chi connectivity index (χ2n) is 5.43. The molecule has 0 amide bonds. The highest BCUT2D eigenvalue weighted by atomic mass is 79.9. The van der Waals surface area contributed by atoms with E-state index in [1.807, 2.05) is 42.5 Å². The van der Waals surface area contributed by atoms with Crippen molar-refractivity contribution in [1.29, 1.82) is 0 Å². The second-order valence-corrected chi connectivity index (χ2v) is 6.29. The lowest BCUT2D eigenvalue weighted by Crippen LogP contribution is -2.13. The summed E-state index contributed by atoms with van der Waals surface area (Å²) >= 11 is 3.55. The molecule has 2 N–H and O–H groups in total. The summed E-state index contributed by atoms with van der Waals surface area (Å²) in [4.78, 5) is 0. The Balaban J connectivity index is 1.92. The number of hydrogen-bond acceptors (Lipinski definition) is 3. The van der Waals surface area contributed by atoms with Gasteiger partial charge in [0.05, 0.1) is 19.3 Å². The van der Waals surface area contributed by atoms with E-state index in [9.17, 15) is 0 Å². The molecule has 1 aliphatic rings. The first-order valence-electron chi connectivity index (χ1n) is 7.04. The molecule has 2 unspecified atom stereocenters. The summed E-state index contributed by atoms with van der Waals surface area (Å²) in [5.74, 6) is 1.96. The van der Waals surface area contributed by atoms with Crippen molar-refractivity contribution in [2.75, 3.05) is 13.2 Å². The van der Waals surface area contributed by atoms with Crippen LogP contribution in [0.4, 0.5) is 0 Å². The molecule has 1 aliphatic heterocycles. The van der Waals surface area contributed by atoms with E-state index in [-0.39, 0.29) is 6.04 Å². The maximum Gasteiger partial charge on any atom is 0.161 e. The second kappa shape index (κ2) is 6.08. The van der Waals surface area contributed by atoms with Gasteiger partial charge in [-0.25, -0.2) is 0 Å². The largest absolute Gasteiger partial charge is 0.489 e. The monoisotopic (exact) mass is 347 g/mol. The van der Waals surface area contributed by atoms with Crippen molar-refractivity contribution >= 4 is 15.9 Å². The van der Waals surface area contributed by atoms with Crippen molar-refractivity contribution in [2.24, 2.45) is 11.7 Å². The van der Waals surface area contributed by atoms with Gasteiger partial charge in [0, 0.05) is 10.4 Å². The third-order valence-corrected chi connectivity index (χ3v) is 4.34. The highest BCUT2D eigenvalue weighted by molar-refractivity contribution is 9.10. The number of halogens is 1. The SMILES string of the molecule is CC1COc2ccc(C(N)c3ccccc3Br)cc2OC1. The van der Waals surface area contributed by atoms with Crippen LogP contribution in [-0.2, 0) is 0 Å². The predicted octanol–water partition coefficient (Wildman–Crippen LogP) is 3.90. The van der Waals surface area contributed by atoms with E-state index in [0.717, 1.165) is 27.1 Å². The fourth-order valence-corrected chi connectivity index (χ4v) is 2.90. The molecule has 1 heterocycles. The van der Waals surface area contributed by atoms with Crippen LogP contribution in [0.1, 0.15) is 24.1 Å². The number of ether oxygens (including phenoxy) is 2. The molecule has 4 heteroatoms. The predicted molar refractivity (Wildman–Crippen MR) is 86.8 cm³/mol. The molecule has 0 saturated carbocycles. The van der Waals surface area contributed by atoms with Crippen LogP contribution in [0.25, 0.3) is 0 Å². The van der Waals surface area contributed by atoms with Crippen molar-refractivity contribution in [3.8, 4) is 11.5 Å². The fraction of sp³-hybridized carbons (Fsp3) is 0.294. The zero-order chi connectivity index (χ0) is 14.8. The van der Waals surface area contributed by atoms with E-state index >= 15 is 0 Å². The molecule has 110 valence electrons. The minimum atomic E-state index is -0.199. The molecule has 21 heavy (non-hydrogen) atoms. The van der Waals surface area contributed by atoms with Gasteiger partial charge in [0.15, 0.2) is 11.5 Å². The highest BCUT2D eigenvalue weighted by Crippen LogP contribution is 2.35. The summed E-state index contributed by atoms with van der Waals surface area (Å²) < 4.78 is 12.6. The van der Waals surface area contributed by atoms with Gasteiger partial charge in [0.2, 0.25) is 0 Å². The molecule has 0 saturated heterocycles. The lowest BCUT2D eigenvalue weighted by molar-refractivity contribution is 0.228. The fourth-order valence-electron chi connectivity index (χ4n) is 2.37. The van der Waals surface area contributed by atoms with E-state index in [1.165, 1.54) is 0 Å². The first kappa shape index (κ1) is 14.4. The van der Waals surface area contributed by atoms with E-state index in [2.05, 4.69) is 22.9 Å². The van der Waals surface area contributed by atoms with Gasteiger partial charge in [-0.05, 0) is 29.3 Å². The van der Waals surface area contributed by atoms with Gasteiger partial charge in [-0.3, -0.25) is 0 Å². The average molecular weight is 348 g/mol. The van der Waals surface area contributed by atoms with Crippen LogP contribution >= 0.6 is 15.9 Å². The van der Waals surface area contributed by atoms with E-state index in [0.29, 0.717) is 19.1 Å². The van der Waals surface area contributed by atoms with E-state index in [1.54, 1.807) is 0 Å². The Bertz CT molecular complexity index is 644. The molecule has 0 aliphatic carbocycles. The minimum Gasteiger partial charge on any atom is -0.489 e. The topological polar surface area (TPSA) is 44.5 Å². The maximum absolute atomic E-state index is 6.39. The normalized spacial score (nSPS) is 18.9. The third-order valence-electron chi connectivity index (χ3n) is 3.61. The van der Waals surface area contributed by atoms with Crippen molar-refractivity contribution in [2.45, 2.75) is 13.0 Å². The van der Waals surface area contributed by atoms with Gasteiger partial charge < -0.3 is 15.2 Å². The first-order chi connectivity index (χ1) is 10.1. The Hall–Kier alpha value is -1.52. The molecule has 0 fully saturated rings. The van der Waals surface area contributed by atoms with Crippen molar-refractivity contribution in [3.05, 3.63) is 58.1 Å². The maximum atomic E-state index is 6.39. The number of rotatable bonds is 2. The highest BCUT2D eigenvalue weighted by Gasteiger charge is 2.18. The molecule has 2 atom stereocenters. The Labute approximate surface area is 133 Å². The molecule has 3 nitrogen and oxygen atoms in total. The van der Waals surface area contributed by atoms with Gasteiger partial charge in [-0.15, -0.1) is 0 Å². The van der Waals surface area contributed by atoms with Crippen LogP contribution in [0.5, 0.6) is 11.5 Å².